The van der Waals surface area contributed by atoms with Gasteiger partial charge in [-0.3, -0.25) is 4.79 Å². The Kier molecular flexibility index (Phi) is 7.01. The summed E-state index contributed by atoms with van der Waals surface area (Å²) in [6.45, 7) is 10.5. The minimum Gasteiger partial charge on any atom is -0.350 e. The number of carbonyl (C=O) groups is 1. The predicted molar refractivity (Wildman–Crippen MR) is 85.8 cm³/mol. The molecule has 0 aromatic rings. The van der Waals surface area contributed by atoms with Crippen molar-refractivity contribution in [2.75, 3.05) is 0 Å². The summed E-state index contributed by atoms with van der Waals surface area (Å²) in [5.41, 5.74) is -0.105. The van der Waals surface area contributed by atoms with E-state index in [2.05, 4.69) is 38.3 Å². The molecule has 0 saturated heterocycles. The lowest BCUT2D eigenvalue weighted by Gasteiger charge is -2.32. The summed E-state index contributed by atoms with van der Waals surface area (Å²) in [6, 6.07) is 0.433. The summed E-state index contributed by atoms with van der Waals surface area (Å²) in [7, 11) is 0. The maximum atomic E-state index is 12.2. The van der Waals surface area contributed by atoms with Gasteiger partial charge in [-0.1, -0.05) is 26.7 Å². The van der Waals surface area contributed by atoms with Crippen LogP contribution in [0.5, 0.6) is 0 Å². The van der Waals surface area contributed by atoms with Crippen LogP contribution in [0.25, 0.3) is 0 Å². The van der Waals surface area contributed by atoms with Crippen molar-refractivity contribution in [1.29, 1.82) is 0 Å². The van der Waals surface area contributed by atoms with Gasteiger partial charge in [-0.05, 0) is 58.8 Å². The molecule has 0 aromatic heterocycles. The first kappa shape index (κ1) is 17.5. The number of hydrogen-bond acceptors (Lipinski definition) is 2. The van der Waals surface area contributed by atoms with E-state index in [1.807, 2.05) is 6.92 Å². The molecule has 1 aliphatic rings. The smallest absolute Gasteiger partial charge is 0.237 e. The number of hydrogen-bond donors (Lipinski definition) is 2. The van der Waals surface area contributed by atoms with Crippen molar-refractivity contribution in [3.63, 3.8) is 0 Å². The Balaban J connectivity index is 2.32. The Morgan fingerprint density at radius 3 is 2.30 bits per heavy atom. The Labute approximate surface area is 125 Å². The summed E-state index contributed by atoms with van der Waals surface area (Å²) >= 11 is 0. The van der Waals surface area contributed by atoms with Gasteiger partial charge in [-0.15, -0.1) is 0 Å². The molecule has 0 bridgehead atoms. The van der Waals surface area contributed by atoms with Gasteiger partial charge in [-0.25, -0.2) is 0 Å². The van der Waals surface area contributed by atoms with Gasteiger partial charge in [0, 0.05) is 11.6 Å². The number of nitrogens with one attached hydrogen (secondary N) is 2. The lowest BCUT2D eigenvalue weighted by Crippen LogP contribution is -2.53. The average molecular weight is 282 g/mol. The van der Waals surface area contributed by atoms with Crippen molar-refractivity contribution in [3.8, 4) is 0 Å². The zero-order valence-corrected chi connectivity index (χ0v) is 14.1. The van der Waals surface area contributed by atoms with Crippen molar-refractivity contribution in [2.24, 2.45) is 5.92 Å². The summed E-state index contributed by atoms with van der Waals surface area (Å²) in [6.07, 6.45) is 8.70. The first-order valence-electron chi connectivity index (χ1n) is 8.46. The number of amides is 1. The molecule has 1 aliphatic carbocycles. The van der Waals surface area contributed by atoms with Crippen LogP contribution >= 0.6 is 0 Å². The molecular formula is C17H34N2O. The fourth-order valence-corrected chi connectivity index (χ4v) is 2.99. The van der Waals surface area contributed by atoms with E-state index in [9.17, 15) is 4.79 Å². The Morgan fingerprint density at radius 1 is 1.20 bits per heavy atom. The number of rotatable bonds is 7. The predicted octanol–water partition coefficient (Wildman–Crippen LogP) is 3.63. The summed E-state index contributed by atoms with van der Waals surface area (Å²) in [5, 5.41) is 6.64. The third kappa shape index (κ3) is 5.82. The van der Waals surface area contributed by atoms with E-state index in [-0.39, 0.29) is 17.5 Å². The van der Waals surface area contributed by atoms with Crippen LogP contribution < -0.4 is 10.6 Å². The van der Waals surface area contributed by atoms with Gasteiger partial charge in [-0.2, -0.15) is 0 Å². The fourth-order valence-electron chi connectivity index (χ4n) is 2.99. The van der Waals surface area contributed by atoms with Gasteiger partial charge in [0.25, 0.3) is 0 Å². The second kappa shape index (κ2) is 8.02. The van der Waals surface area contributed by atoms with Crippen molar-refractivity contribution < 1.29 is 4.79 Å². The van der Waals surface area contributed by atoms with Crippen LogP contribution in [0.2, 0.25) is 0 Å². The zero-order valence-electron chi connectivity index (χ0n) is 14.1. The van der Waals surface area contributed by atoms with Gasteiger partial charge >= 0.3 is 0 Å². The van der Waals surface area contributed by atoms with Gasteiger partial charge in [0.2, 0.25) is 5.91 Å². The maximum absolute atomic E-state index is 12.2. The van der Waals surface area contributed by atoms with Crippen molar-refractivity contribution in [1.82, 2.24) is 10.6 Å². The minimum absolute atomic E-state index is 0.0893. The van der Waals surface area contributed by atoms with Crippen LogP contribution in [0.4, 0.5) is 0 Å². The Hall–Kier alpha value is -0.570. The highest BCUT2D eigenvalue weighted by atomic mass is 16.2. The van der Waals surface area contributed by atoms with E-state index in [0.717, 1.165) is 12.3 Å². The average Bonchev–Trinajstić information content (AvgIpc) is 2.41. The lowest BCUT2D eigenvalue weighted by molar-refractivity contribution is -0.124. The van der Waals surface area contributed by atoms with E-state index in [4.69, 9.17) is 0 Å². The molecule has 118 valence electrons. The molecule has 1 amide bonds. The molecule has 0 spiro atoms. The molecule has 1 atom stereocenters. The molecule has 0 aromatic carbocycles. The highest BCUT2D eigenvalue weighted by molar-refractivity contribution is 5.82. The maximum Gasteiger partial charge on any atom is 0.237 e. The van der Waals surface area contributed by atoms with Crippen molar-refractivity contribution >= 4 is 5.91 Å². The second-order valence-corrected chi connectivity index (χ2v) is 7.12. The molecule has 0 radical (unpaired) electrons. The molecule has 1 unspecified atom stereocenters. The third-order valence-corrected chi connectivity index (χ3v) is 4.77. The van der Waals surface area contributed by atoms with Crippen LogP contribution in [0, 0.1) is 5.92 Å². The molecular weight excluding hydrogens is 248 g/mol. The lowest BCUT2D eigenvalue weighted by atomic mass is 9.83. The fraction of sp³-hybridized carbons (Fsp3) is 0.941. The van der Waals surface area contributed by atoms with E-state index < -0.39 is 0 Å². The topological polar surface area (TPSA) is 41.1 Å². The van der Waals surface area contributed by atoms with Gasteiger partial charge in [0.1, 0.15) is 0 Å². The molecule has 3 nitrogen and oxygen atoms in total. The molecule has 2 N–H and O–H groups in total. The summed E-state index contributed by atoms with van der Waals surface area (Å²) < 4.78 is 0. The molecule has 20 heavy (non-hydrogen) atoms. The van der Waals surface area contributed by atoms with Gasteiger partial charge in [0.05, 0.1) is 6.04 Å². The molecule has 1 fully saturated rings. The van der Waals surface area contributed by atoms with Crippen LogP contribution in [0.15, 0.2) is 0 Å². The van der Waals surface area contributed by atoms with E-state index in [0.29, 0.717) is 6.04 Å². The van der Waals surface area contributed by atoms with E-state index >= 15 is 0 Å². The quantitative estimate of drug-likeness (QED) is 0.748. The number of carbonyl (C=O) groups excluding carboxylic acids is 1. The zero-order chi connectivity index (χ0) is 15.2. The standard InChI is InChI=1S/C17H34N2O/c1-6-8-14-9-11-15(12-10-14)18-13(3)16(20)19-17(4,5)7-2/h13-15,18H,6-12H2,1-5H3,(H,19,20). The normalized spacial score (nSPS) is 25.2. The second-order valence-electron chi connectivity index (χ2n) is 7.12. The largest absolute Gasteiger partial charge is 0.350 e. The molecule has 0 heterocycles. The Bertz CT molecular complexity index is 293. The third-order valence-electron chi connectivity index (χ3n) is 4.77. The van der Waals surface area contributed by atoms with Crippen LogP contribution in [0.1, 0.15) is 79.6 Å². The van der Waals surface area contributed by atoms with Crippen molar-refractivity contribution in [2.45, 2.75) is 97.2 Å². The molecule has 1 saturated carbocycles. The Morgan fingerprint density at radius 2 is 1.80 bits per heavy atom. The van der Waals surface area contributed by atoms with Crippen LogP contribution in [-0.4, -0.2) is 23.5 Å². The van der Waals surface area contributed by atoms with E-state index in [1.54, 1.807) is 0 Å². The van der Waals surface area contributed by atoms with E-state index in [1.165, 1.54) is 38.5 Å². The first-order chi connectivity index (χ1) is 9.38. The van der Waals surface area contributed by atoms with Crippen LogP contribution in [-0.2, 0) is 4.79 Å². The highest BCUT2D eigenvalue weighted by Crippen LogP contribution is 2.27. The van der Waals surface area contributed by atoms with Gasteiger partial charge < -0.3 is 10.6 Å². The van der Waals surface area contributed by atoms with Crippen molar-refractivity contribution in [3.05, 3.63) is 0 Å². The van der Waals surface area contributed by atoms with Crippen LogP contribution in [0.3, 0.4) is 0 Å². The molecule has 0 aliphatic heterocycles. The monoisotopic (exact) mass is 282 g/mol. The summed E-state index contributed by atoms with van der Waals surface area (Å²) in [5.74, 6) is 1.05. The molecule has 3 heteroatoms. The SMILES string of the molecule is CCCC1CCC(NC(C)C(=O)NC(C)(C)CC)CC1. The molecule has 1 rings (SSSR count). The summed E-state index contributed by atoms with van der Waals surface area (Å²) in [4.78, 5) is 12.2. The first-order valence-corrected chi connectivity index (χ1v) is 8.46. The van der Waals surface area contributed by atoms with Gasteiger partial charge in [0.15, 0.2) is 0 Å². The highest BCUT2D eigenvalue weighted by Gasteiger charge is 2.26. The minimum atomic E-state index is -0.105.